The fraction of sp³-hybridized carbons (Fsp3) is 0.412. The van der Waals surface area contributed by atoms with Crippen LogP contribution in [0.3, 0.4) is 0 Å². The van der Waals surface area contributed by atoms with Gasteiger partial charge < -0.3 is 11.1 Å². The summed E-state index contributed by atoms with van der Waals surface area (Å²) in [5, 5.41) is 8.17. The largest absolute Gasteiger partial charge is 0.356 e. The van der Waals surface area contributed by atoms with Crippen molar-refractivity contribution in [2.75, 3.05) is 13.1 Å². The molecule has 0 radical (unpaired) electrons. The van der Waals surface area contributed by atoms with Crippen molar-refractivity contribution in [3.8, 4) is 5.69 Å². The number of nitrogens with two attached hydrogens (primary N) is 1. The first-order valence-electron chi connectivity index (χ1n) is 7.80. The van der Waals surface area contributed by atoms with E-state index < -0.39 is 0 Å². The van der Waals surface area contributed by atoms with E-state index in [1.54, 1.807) is 0 Å². The number of rotatable bonds is 7. The Bertz CT molecular complexity index is 668. The minimum Gasteiger partial charge on any atom is -0.356 e. The highest BCUT2D eigenvalue weighted by atomic mass is 35.5. The highest BCUT2D eigenvalue weighted by Gasteiger charge is 2.15. The molecule has 0 aliphatic carbocycles. The normalized spacial score (nSPS) is 10.3. The summed E-state index contributed by atoms with van der Waals surface area (Å²) < 4.78 is 1.85. The third kappa shape index (κ3) is 5.23. The van der Waals surface area contributed by atoms with Gasteiger partial charge in [-0.25, -0.2) is 4.68 Å². The smallest absolute Gasteiger partial charge is 0.224 e. The number of nitrogens with zero attached hydrogens (tertiary/aromatic N) is 2. The number of hydrogen-bond acceptors (Lipinski definition) is 3. The van der Waals surface area contributed by atoms with Crippen LogP contribution in [0.5, 0.6) is 0 Å². The average molecular weight is 371 g/mol. The molecule has 7 heteroatoms. The van der Waals surface area contributed by atoms with Gasteiger partial charge in [0.2, 0.25) is 5.91 Å². The molecule has 0 spiro atoms. The number of nitrogens with one attached hydrogen (secondary N) is 1. The Morgan fingerprint density at radius 3 is 2.54 bits per heavy atom. The minimum atomic E-state index is 0. The molecule has 0 saturated heterocycles. The van der Waals surface area contributed by atoms with Crippen molar-refractivity contribution in [3.63, 3.8) is 0 Å². The highest BCUT2D eigenvalue weighted by molar-refractivity contribution is 6.30. The number of carbonyl (C=O) groups is 1. The quantitative estimate of drug-likeness (QED) is 0.735. The third-order valence-electron chi connectivity index (χ3n) is 3.80. The van der Waals surface area contributed by atoms with Crippen molar-refractivity contribution >= 4 is 29.9 Å². The molecule has 2 rings (SSSR count). The number of benzene rings is 1. The fourth-order valence-corrected chi connectivity index (χ4v) is 2.61. The number of halogens is 2. The van der Waals surface area contributed by atoms with E-state index in [1.807, 2.05) is 42.8 Å². The molecule has 0 fully saturated rings. The Morgan fingerprint density at radius 2 is 1.92 bits per heavy atom. The van der Waals surface area contributed by atoms with Gasteiger partial charge in [-0.3, -0.25) is 4.79 Å². The Balaban J connectivity index is 0.00000288. The van der Waals surface area contributed by atoms with Gasteiger partial charge in [-0.15, -0.1) is 12.4 Å². The molecule has 0 bridgehead atoms. The molecule has 1 heterocycles. The van der Waals surface area contributed by atoms with Gasteiger partial charge in [0.25, 0.3) is 0 Å². The van der Waals surface area contributed by atoms with Crippen LogP contribution in [0.2, 0.25) is 5.02 Å². The summed E-state index contributed by atoms with van der Waals surface area (Å²) in [4.78, 5) is 12.1. The lowest BCUT2D eigenvalue weighted by atomic mass is 10.1. The summed E-state index contributed by atoms with van der Waals surface area (Å²) >= 11 is 5.92. The van der Waals surface area contributed by atoms with E-state index in [-0.39, 0.29) is 18.3 Å². The molecular weight excluding hydrogens is 347 g/mol. The first-order valence-corrected chi connectivity index (χ1v) is 8.18. The maximum absolute atomic E-state index is 12.1. The van der Waals surface area contributed by atoms with E-state index in [0.717, 1.165) is 35.5 Å². The SMILES string of the molecule is Cc1nn(-c2ccc(Cl)cc2)c(C)c1CC(=O)NCCCCN.Cl. The molecule has 132 valence electrons. The van der Waals surface area contributed by atoms with E-state index in [4.69, 9.17) is 17.3 Å². The number of aromatic nitrogens is 2. The summed E-state index contributed by atoms with van der Waals surface area (Å²) in [6, 6.07) is 7.49. The zero-order valence-electron chi connectivity index (χ0n) is 14.0. The van der Waals surface area contributed by atoms with Crippen LogP contribution in [-0.2, 0) is 11.2 Å². The lowest BCUT2D eigenvalue weighted by molar-refractivity contribution is -0.120. The monoisotopic (exact) mass is 370 g/mol. The summed E-state index contributed by atoms with van der Waals surface area (Å²) in [6.07, 6.45) is 2.17. The minimum absolute atomic E-state index is 0. The van der Waals surface area contributed by atoms with Crippen molar-refractivity contribution in [1.29, 1.82) is 0 Å². The van der Waals surface area contributed by atoms with Gasteiger partial charge in [0.05, 0.1) is 17.8 Å². The molecule has 0 unspecified atom stereocenters. The maximum Gasteiger partial charge on any atom is 0.224 e. The molecule has 0 aliphatic heterocycles. The van der Waals surface area contributed by atoms with Crippen LogP contribution < -0.4 is 11.1 Å². The lowest BCUT2D eigenvalue weighted by Crippen LogP contribution is -2.26. The van der Waals surface area contributed by atoms with Crippen molar-refractivity contribution in [1.82, 2.24) is 15.1 Å². The number of unbranched alkanes of at least 4 members (excludes halogenated alkanes) is 1. The van der Waals surface area contributed by atoms with Crippen LogP contribution in [0.25, 0.3) is 5.69 Å². The van der Waals surface area contributed by atoms with E-state index in [0.29, 0.717) is 24.5 Å². The molecule has 24 heavy (non-hydrogen) atoms. The highest BCUT2D eigenvalue weighted by Crippen LogP contribution is 2.20. The first kappa shape index (κ1) is 20.5. The second-order valence-electron chi connectivity index (χ2n) is 5.56. The fourth-order valence-electron chi connectivity index (χ4n) is 2.48. The summed E-state index contributed by atoms with van der Waals surface area (Å²) in [7, 11) is 0. The Morgan fingerprint density at radius 1 is 1.25 bits per heavy atom. The molecule has 1 aromatic carbocycles. The second kappa shape index (κ2) is 9.67. The van der Waals surface area contributed by atoms with Crippen molar-refractivity contribution in [2.45, 2.75) is 33.1 Å². The number of aryl methyl sites for hydroxylation is 1. The van der Waals surface area contributed by atoms with Gasteiger partial charge in [-0.2, -0.15) is 5.10 Å². The average Bonchev–Trinajstić information content (AvgIpc) is 2.80. The molecule has 5 nitrogen and oxygen atoms in total. The number of carbonyl (C=O) groups excluding carboxylic acids is 1. The van der Waals surface area contributed by atoms with Crippen LogP contribution in [0, 0.1) is 13.8 Å². The molecule has 0 saturated carbocycles. The molecule has 1 amide bonds. The molecule has 3 N–H and O–H groups in total. The molecule has 2 aromatic rings. The van der Waals surface area contributed by atoms with Gasteiger partial charge in [-0.1, -0.05) is 11.6 Å². The molecule has 1 aromatic heterocycles. The summed E-state index contributed by atoms with van der Waals surface area (Å²) in [5.74, 6) is 0.0175. The summed E-state index contributed by atoms with van der Waals surface area (Å²) in [5.41, 5.74) is 9.19. The molecule has 0 aliphatic rings. The van der Waals surface area contributed by atoms with Gasteiger partial charge in [0.1, 0.15) is 0 Å². The number of amides is 1. The molecule has 0 atom stereocenters. The van der Waals surface area contributed by atoms with E-state index in [2.05, 4.69) is 10.4 Å². The van der Waals surface area contributed by atoms with Crippen LogP contribution in [-0.4, -0.2) is 28.8 Å². The van der Waals surface area contributed by atoms with E-state index in [9.17, 15) is 4.79 Å². The van der Waals surface area contributed by atoms with Gasteiger partial charge >= 0.3 is 0 Å². The van der Waals surface area contributed by atoms with Crippen LogP contribution in [0.1, 0.15) is 29.8 Å². The predicted octanol–water partition coefficient (Wildman–Crippen LogP) is 2.96. The number of hydrogen-bond donors (Lipinski definition) is 2. The zero-order chi connectivity index (χ0) is 16.8. The first-order chi connectivity index (χ1) is 11.0. The maximum atomic E-state index is 12.1. The molecular formula is C17H24Cl2N4O. The van der Waals surface area contributed by atoms with E-state index >= 15 is 0 Å². The van der Waals surface area contributed by atoms with Crippen molar-refractivity contribution < 1.29 is 4.79 Å². The van der Waals surface area contributed by atoms with Crippen molar-refractivity contribution in [2.24, 2.45) is 5.73 Å². The summed E-state index contributed by atoms with van der Waals surface area (Å²) in [6.45, 7) is 5.23. The van der Waals surface area contributed by atoms with E-state index in [1.165, 1.54) is 0 Å². The predicted molar refractivity (Wildman–Crippen MR) is 100 cm³/mol. The Kier molecular flexibility index (Phi) is 8.25. The van der Waals surface area contributed by atoms with Gasteiger partial charge in [0.15, 0.2) is 0 Å². The van der Waals surface area contributed by atoms with Gasteiger partial charge in [-0.05, 0) is 57.5 Å². The zero-order valence-corrected chi connectivity index (χ0v) is 15.6. The Hall–Kier alpha value is -1.56. The van der Waals surface area contributed by atoms with Crippen LogP contribution >= 0.6 is 24.0 Å². The standard InChI is InChI=1S/C17H23ClN4O.ClH/c1-12-16(11-17(23)20-10-4-3-9-19)13(2)22(21-12)15-7-5-14(18)6-8-15;/h5-8H,3-4,9-11,19H2,1-2H3,(H,20,23);1H. The van der Waals surface area contributed by atoms with Crippen LogP contribution in [0.4, 0.5) is 0 Å². The van der Waals surface area contributed by atoms with Gasteiger partial charge in [0, 0.05) is 22.8 Å². The lowest BCUT2D eigenvalue weighted by Gasteiger charge is -2.07. The van der Waals surface area contributed by atoms with Crippen molar-refractivity contribution in [3.05, 3.63) is 46.2 Å². The van der Waals surface area contributed by atoms with Crippen LogP contribution in [0.15, 0.2) is 24.3 Å². The third-order valence-corrected chi connectivity index (χ3v) is 4.05. The second-order valence-corrected chi connectivity index (χ2v) is 6.00. The Labute approximate surface area is 154 Å². The topological polar surface area (TPSA) is 72.9 Å².